The molecule has 1 heterocycles. The van der Waals surface area contributed by atoms with Crippen molar-refractivity contribution in [1.29, 1.82) is 0 Å². The lowest BCUT2D eigenvalue weighted by atomic mass is 9.83. The van der Waals surface area contributed by atoms with Crippen molar-refractivity contribution in [3.8, 4) is 11.4 Å². The Morgan fingerprint density at radius 3 is 2.39 bits per heavy atom. The zero-order valence-electron chi connectivity index (χ0n) is 19.5. The Hall–Kier alpha value is -3.35. The summed E-state index contributed by atoms with van der Waals surface area (Å²) in [6.07, 6.45) is 5.13. The molecule has 0 radical (unpaired) electrons. The number of amides is 1. The van der Waals surface area contributed by atoms with Crippen molar-refractivity contribution >= 4 is 51.8 Å². The Morgan fingerprint density at radius 1 is 0.972 bits per heavy atom. The number of halogens is 2. The number of hydrogen-bond acceptors (Lipinski definition) is 3. The highest BCUT2D eigenvalue weighted by Crippen LogP contribution is 2.39. The van der Waals surface area contributed by atoms with Crippen LogP contribution in [0.25, 0.3) is 22.4 Å². The van der Waals surface area contributed by atoms with E-state index in [1.165, 1.54) is 18.2 Å². The third-order valence-corrected chi connectivity index (χ3v) is 7.38. The predicted octanol–water partition coefficient (Wildman–Crippen LogP) is 7.47. The molecule has 0 saturated heterocycles. The van der Waals surface area contributed by atoms with Crippen LogP contribution >= 0.6 is 23.2 Å². The lowest BCUT2D eigenvalue weighted by molar-refractivity contribution is -0.121. The number of fused-ring (bicyclic) bond motifs is 1. The molecule has 1 aromatic heterocycles. The molecule has 6 nitrogen and oxygen atoms in total. The molecule has 2 N–H and O–H groups in total. The van der Waals surface area contributed by atoms with Crippen molar-refractivity contribution in [2.45, 2.75) is 38.1 Å². The van der Waals surface area contributed by atoms with Crippen molar-refractivity contribution in [1.82, 2.24) is 9.55 Å². The predicted molar refractivity (Wildman–Crippen MR) is 143 cm³/mol. The number of nitrogens with zero attached hydrogens (tertiary/aromatic N) is 2. The van der Waals surface area contributed by atoms with Crippen molar-refractivity contribution < 1.29 is 14.7 Å². The molecule has 184 valence electrons. The first kappa shape index (κ1) is 24.3. The van der Waals surface area contributed by atoms with Gasteiger partial charge in [0.15, 0.2) is 0 Å². The van der Waals surface area contributed by atoms with Crippen molar-refractivity contribution in [2.75, 3.05) is 5.32 Å². The van der Waals surface area contributed by atoms with E-state index in [0.29, 0.717) is 16.5 Å². The van der Waals surface area contributed by atoms with Gasteiger partial charge in [0.2, 0.25) is 5.91 Å². The van der Waals surface area contributed by atoms with E-state index in [2.05, 4.69) is 5.32 Å². The lowest BCUT2D eigenvalue weighted by Gasteiger charge is -2.32. The number of aromatic carboxylic acids is 1. The van der Waals surface area contributed by atoms with Crippen LogP contribution in [-0.4, -0.2) is 26.5 Å². The standard InChI is InChI=1S/C28H25Cl2N3O3/c29-20-13-10-18(11-14-20)26-31-23-8-4-5-9-24(23)33(26)25(17-6-2-1-3-7-17)27(34)32-22-15-12-19(28(35)36)16-21(22)30/h4-5,8-17,25H,1-3,6-7H2,(H,32,34)(H,35,36). The molecule has 8 heteroatoms. The summed E-state index contributed by atoms with van der Waals surface area (Å²) in [6.45, 7) is 0. The van der Waals surface area contributed by atoms with Gasteiger partial charge in [-0.1, -0.05) is 54.6 Å². The van der Waals surface area contributed by atoms with Crippen LogP contribution in [0.2, 0.25) is 10.0 Å². The van der Waals surface area contributed by atoms with Crippen LogP contribution in [0.15, 0.2) is 66.7 Å². The van der Waals surface area contributed by atoms with E-state index in [0.717, 1.165) is 48.7 Å². The summed E-state index contributed by atoms with van der Waals surface area (Å²) in [5, 5.41) is 13.0. The molecule has 0 spiro atoms. The van der Waals surface area contributed by atoms with Gasteiger partial charge in [-0.3, -0.25) is 4.79 Å². The molecule has 0 bridgehead atoms. The van der Waals surface area contributed by atoms with Gasteiger partial charge in [0.1, 0.15) is 11.9 Å². The van der Waals surface area contributed by atoms with Gasteiger partial charge < -0.3 is 15.0 Å². The second-order valence-corrected chi connectivity index (χ2v) is 9.98. The van der Waals surface area contributed by atoms with Gasteiger partial charge in [0.25, 0.3) is 0 Å². The van der Waals surface area contributed by atoms with Crippen molar-refractivity contribution in [3.63, 3.8) is 0 Å². The monoisotopic (exact) mass is 521 g/mol. The molecule has 36 heavy (non-hydrogen) atoms. The molecule has 5 rings (SSSR count). The highest BCUT2D eigenvalue weighted by atomic mass is 35.5. The van der Waals surface area contributed by atoms with Crippen LogP contribution in [-0.2, 0) is 4.79 Å². The molecular formula is C28H25Cl2N3O3. The molecule has 1 unspecified atom stereocenters. The first-order chi connectivity index (χ1) is 17.4. The summed E-state index contributed by atoms with van der Waals surface area (Å²) in [6, 6.07) is 19.1. The summed E-state index contributed by atoms with van der Waals surface area (Å²) in [4.78, 5) is 30.2. The Kier molecular flexibility index (Phi) is 6.99. The Balaban J connectivity index is 1.62. The normalized spacial score (nSPS) is 15.1. The molecule has 1 amide bonds. The molecule has 0 aliphatic heterocycles. The van der Waals surface area contributed by atoms with Gasteiger partial charge in [0, 0.05) is 10.6 Å². The second-order valence-electron chi connectivity index (χ2n) is 9.13. The molecular weight excluding hydrogens is 497 g/mol. The zero-order chi connectivity index (χ0) is 25.2. The van der Waals surface area contributed by atoms with Gasteiger partial charge in [-0.05, 0) is 73.4 Å². The molecule has 1 fully saturated rings. The minimum absolute atomic E-state index is 0.0625. The highest BCUT2D eigenvalue weighted by Gasteiger charge is 2.34. The number of imidazole rings is 1. The number of benzene rings is 3. The summed E-state index contributed by atoms with van der Waals surface area (Å²) in [5.74, 6) is -0.469. The number of hydrogen-bond donors (Lipinski definition) is 2. The third kappa shape index (κ3) is 4.84. The van der Waals surface area contributed by atoms with Gasteiger partial charge in [0.05, 0.1) is 27.3 Å². The van der Waals surface area contributed by atoms with E-state index in [4.69, 9.17) is 28.2 Å². The minimum Gasteiger partial charge on any atom is -0.478 e. The maximum Gasteiger partial charge on any atom is 0.335 e. The van der Waals surface area contributed by atoms with Gasteiger partial charge in [-0.15, -0.1) is 0 Å². The number of para-hydroxylation sites is 2. The summed E-state index contributed by atoms with van der Waals surface area (Å²) in [5.41, 5.74) is 2.99. The topological polar surface area (TPSA) is 84.2 Å². The van der Waals surface area contributed by atoms with Gasteiger partial charge >= 0.3 is 5.97 Å². The van der Waals surface area contributed by atoms with E-state index in [1.807, 2.05) is 53.1 Å². The van der Waals surface area contributed by atoms with Crippen LogP contribution in [0, 0.1) is 5.92 Å². The largest absolute Gasteiger partial charge is 0.478 e. The molecule has 1 saturated carbocycles. The number of nitrogens with one attached hydrogen (secondary N) is 1. The molecule has 1 aliphatic carbocycles. The second kappa shape index (κ2) is 10.3. The average Bonchev–Trinajstić information content (AvgIpc) is 3.25. The molecule has 3 aromatic carbocycles. The summed E-state index contributed by atoms with van der Waals surface area (Å²) < 4.78 is 2.05. The summed E-state index contributed by atoms with van der Waals surface area (Å²) in [7, 11) is 0. The number of carboxylic acids is 1. The number of aromatic nitrogens is 2. The number of anilines is 1. The minimum atomic E-state index is -1.08. The first-order valence-electron chi connectivity index (χ1n) is 12.0. The van der Waals surface area contributed by atoms with E-state index in [9.17, 15) is 14.7 Å². The maximum absolute atomic E-state index is 14.0. The summed E-state index contributed by atoms with van der Waals surface area (Å²) >= 11 is 12.5. The fourth-order valence-electron chi connectivity index (χ4n) is 5.08. The van der Waals surface area contributed by atoms with E-state index >= 15 is 0 Å². The molecule has 1 atom stereocenters. The molecule has 4 aromatic rings. The number of carboxylic acid groups (broad SMARTS) is 1. The SMILES string of the molecule is O=C(O)c1ccc(NC(=O)C(C2CCCCC2)n2c(-c3ccc(Cl)cc3)nc3ccccc32)c(Cl)c1. The van der Waals surface area contributed by atoms with E-state index in [-0.39, 0.29) is 22.4 Å². The number of carbonyl (C=O) groups excluding carboxylic acids is 1. The Labute approximate surface area is 218 Å². The average molecular weight is 522 g/mol. The van der Waals surface area contributed by atoms with Crippen LogP contribution in [0.5, 0.6) is 0 Å². The van der Waals surface area contributed by atoms with Crippen LogP contribution in [0.1, 0.15) is 48.5 Å². The number of carbonyl (C=O) groups is 2. The number of rotatable bonds is 6. The smallest absolute Gasteiger partial charge is 0.335 e. The van der Waals surface area contributed by atoms with Crippen molar-refractivity contribution in [3.05, 3.63) is 82.3 Å². The fraction of sp³-hybridized carbons (Fsp3) is 0.250. The van der Waals surface area contributed by atoms with Gasteiger partial charge in [-0.25, -0.2) is 9.78 Å². The van der Waals surface area contributed by atoms with E-state index in [1.54, 1.807) is 0 Å². The fourth-order valence-corrected chi connectivity index (χ4v) is 5.43. The maximum atomic E-state index is 14.0. The molecule has 1 aliphatic rings. The quantitative estimate of drug-likeness (QED) is 0.275. The Bertz CT molecular complexity index is 1430. The third-order valence-electron chi connectivity index (χ3n) is 6.82. The lowest BCUT2D eigenvalue weighted by Crippen LogP contribution is -2.33. The van der Waals surface area contributed by atoms with Crippen molar-refractivity contribution in [2.24, 2.45) is 5.92 Å². The van der Waals surface area contributed by atoms with Gasteiger partial charge in [-0.2, -0.15) is 0 Å². The highest BCUT2D eigenvalue weighted by molar-refractivity contribution is 6.34. The van der Waals surface area contributed by atoms with Crippen LogP contribution in [0.4, 0.5) is 5.69 Å². The van der Waals surface area contributed by atoms with Crippen LogP contribution in [0.3, 0.4) is 0 Å². The zero-order valence-corrected chi connectivity index (χ0v) is 21.0. The first-order valence-corrected chi connectivity index (χ1v) is 12.7. The Morgan fingerprint density at radius 2 is 1.69 bits per heavy atom. The van der Waals surface area contributed by atoms with Crippen LogP contribution < -0.4 is 5.32 Å². The van der Waals surface area contributed by atoms with E-state index < -0.39 is 12.0 Å².